The average Bonchev–Trinajstić information content (AvgIpc) is 2.27. The van der Waals surface area contributed by atoms with Gasteiger partial charge in [0.2, 0.25) is 0 Å². The van der Waals surface area contributed by atoms with Crippen LogP contribution < -0.4 is 5.32 Å². The number of hydrogen-bond donors (Lipinski definition) is 1. The van der Waals surface area contributed by atoms with E-state index in [0.29, 0.717) is 19.0 Å². The SMILES string of the molecule is C=CCCNC(=O)c1ccc(S(=O)(=O)Cl)cc1F. The van der Waals surface area contributed by atoms with Crippen molar-refractivity contribution in [2.75, 3.05) is 6.54 Å². The Hall–Kier alpha value is -1.40. The predicted octanol–water partition coefficient (Wildman–Crippen LogP) is 2.06. The number of hydrogen-bond acceptors (Lipinski definition) is 3. The molecule has 1 aromatic carbocycles. The Balaban J connectivity index is 2.92. The molecule has 0 unspecified atom stereocenters. The maximum absolute atomic E-state index is 13.5. The average molecular weight is 292 g/mol. The van der Waals surface area contributed by atoms with Crippen LogP contribution in [0.3, 0.4) is 0 Å². The van der Waals surface area contributed by atoms with Crippen LogP contribution in [0.1, 0.15) is 16.8 Å². The van der Waals surface area contributed by atoms with E-state index in [2.05, 4.69) is 11.9 Å². The van der Waals surface area contributed by atoms with Crippen LogP contribution in [-0.2, 0) is 9.05 Å². The Kier molecular flexibility index (Phi) is 4.86. The summed E-state index contributed by atoms with van der Waals surface area (Å²) in [6.07, 6.45) is 2.17. The van der Waals surface area contributed by atoms with Crippen molar-refractivity contribution in [1.29, 1.82) is 0 Å². The number of carbonyl (C=O) groups excluding carboxylic acids is 1. The van der Waals surface area contributed by atoms with E-state index in [0.717, 1.165) is 12.1 Å². The van der Waals surface area contributed by atoms with E-state index in [1.165, 1.54) is 0 Å². The van der Waals surface area contributed by atoms with E-state index < -0.39 is 20.8 Å². The highest BCUT2D eigenvalue weighted by molar-refractivity contribution is 8.13. The lowest BCUT2D eigenvalue weighted by molar-refractivity contribution is 0.0950. The standard InChI is InChI=1S/C11H11ClFNO3S/c1-2-3-6-14-11(15)9-5-4-8(7-10(9)13)18(12,16)17/h2,4-5,7H,1,3,6H2,(H,14,15). The predicted molar refractivity (Wildman–Crippen MR) is 66.6 cm³/mol. The molecular weight excluding hydrogens is 281 g/mol. The quantitative estimate of drug-likeness (QED) is 0.513. The maximum atomic E-state index is 13.5. The van der Waals surface area contributed by atoms with Crippen molar-refractivity contribution < 1.29 is 17.6 Å². The van der Waals surface area contributed by atoms with Crippen LogP contribution in [0.4, 0.5) is 4.39 Å². The van der Waals surface area contributed by atoms with Gasteiger partial charge in [-0.1, -0.05) is 6.08 Å². The summed E-state index contributed by atoms with van der Waals surface area (Å²) in [5.74, 6) is -1.55. The molecule has 98 valence electrons. The highest BCUT2D eigenvalue weighted by Gasteiger charge is 2.16. The molecule has 18 heavy (non-hydrogen) atoms. The first-order valence-electron chi connectivity index (χ1n) is 4.99. The number of rotatable bonds is 5. The van der Waals surface area contributed by atoms with Crippen LogP contribution in [0.25, 0.3) is 0 Å². The molecule has 0 saturated carbocycles. The summed E-state index contributed by atoms with van der Waals surface area (Å²) >= 11 is 0. The molecule has 1 aromatic rings. The molecule has 0 saturated heterocycles. The molecule has 0 fully saturated rings. The van der Waals surface area contributed by atoms with Crippen LogP contribution in [0.5, 0.6) is 0 Å². The molecule has 0 aliphatic carbocycles. The molecule has 0 aliphatic rings. The summed E-state index contributed by atoms with van der Waals surface area (Å²) in [6, 6.07) is 2.87. The Morgan fingerprint density at radius 2 is 2.17 bits per heavy atom. The molecule has 0 aromatic heterocycles. The zero-order chi connectivity index (χ0) is 13.8. The minimum Gasteiger partial charge on any atom is -0.352 e. The molecule has 0 bridgehead atoms. The third-order valence-corrected chi connectivity index (χ3v) is 3.45. The van der Waals surface area contributed by atoms with Crippen molar-refractivity contribution in [1.82, 2.24) is 5.32 Å². The Morgan fingerprint density at radius 1 is 1.50 bits per heavy atom. The van der Waals surface area contributed by atoms with Gasteiger partial charge in [-0.2, -0.15) is 0 Å². The summed E-state index contributed by atoms with van der Waals surface area (Å²) in [4.78, 5) is 11.1. The molecule has 1 amide bonds. The van der Waals surface area contributed by atoms with Crippen LogP contribution in [0.2, 0.25) is 0 Å². The summed E-state index contributed by atoms with van der Waals surface area (Å²) in [7, 11) is 1.06. The van der Waals surface area contributed by atoms with Gasteiger partial charge in [-0.3, -0.25) is 4.79 Å². The minimum absolute atomic E-state index is 0.233. The second-order valence-electron chi connectivity index (χ2n) is 3.41. The molecule has 0 heterocycles. The Morgan fingerprint density at radius 3 is 2.67 bits per heavy atom. The second kappa shape index (κ2) is 5.97. The van der Waals surface area contributed by atoms with Crippen molar-refractivity contribution in [3.8, 4) is 0 Å². The highest BCUT2D eigenvalue weighted by atomic mass is 35.7. The topological polar surface area (TPSA) is 63.2 Å². The zero-order valence-corrected chi connectivity index (χ0v) is 10.9. The summed E-state index contributed by atoms with van der Waals surface area (Å²) in [5.41, 5.74) is -0.233. The third kappa shape index (κ3) is 3.82. The van der Waals surface area contributed by atoms with E-state index in [1.807, 2.05) is 0 Å². The number of benzene rings is 1. The molecular formula is C11H11ClFNO3S. The van der Waals surface area contributed by atoms with Crippen LogP contribution in [-0.4, -0.2) is 20.9 Å². The van der Waals surface area contributed by atoms with Gasteiger partial charge in [0, 0.05) is 17.2 Å². The lowest BCUT2D eigenvalue weighted by Crippen LogP contribution is -2.25. The van der Waals surface area contributed by atoms with E-state index in [9.17, 15) is 17.6 Å². The molecule has 0 aliphatic heterocycles. The molecule has 0 radical (unpaired) electrons. The van der Waals surface area contributed by atoms with Crippen LogP contribution >= 0.6 is 10.7 Å². The van der Waals surface area contributed by atoms with Gasteiger partial charge in [-0.15, -0.1) is 6.58 Å². The minimum atomic E-state index is -4.00. The van der Waals surface area contributed by atoms with Gasteiger partial charge in [-0.05, 0) is 24.6 Å². The van der Waals surface area contributed by atoms with E-state index in [1.54, 1.807) is 6.08 Å². The van der Waals surface area contributed by atoms with Crippen LogP contribution in [0, 0.1) is 5.82 Å². The molecule has 1 N–H and O–H groups in total. The monoisotopic (exact) mass is 291 g/mol. The van der Waals surface area contributed by atoms with Gasteiger partial charge in [0.15, 0.2) is 0 Å². The van der Waals surface area contributed by atoms with E-state index in [-0.39, 0.29) is 10.5 Å². The van der Waals surface area contributed by atoms with Crippen molar-refractivity contribution in [2.45, 2.75) is 11.3 Å². The van der Waals surface area contributed by atoms with Crippen molar-refractivity contribution in [3.63, 3.8) is 0 Å². The zero-order valence-electron chi connectivity index (χ0n) is 9.32. The fourth-order valence-corrected chi connectivity index (χ4v) is 1.98. The molecule has 7 heteroatoms. The van der Waals surface area contributed by atoms with Gasteiger partial charge in [-0.25, -0.2) is 12.8 Å². The number of nitrogens with one attached hydrogen (secondary N) is 1. The number of amides is 1. The Labute approximate surface area is 109 Å². The van der Waals surface area contributed by atoms with Crippen LogP contribution in [0.15, 0.2) is 35.7 Å². The van der Waals surface area contributed by atoms with Gasteiger partial charge >= 0.3 is 0 Å². The van der Waals surface area contributed by atoms with Crippen molar-refractivity contribution >= 4 is 25.6 Å². The summed E-state index contributed by atoms with van der Waals surface area (Å²) < 4.78 is 35.5. The molecule has 1 rings (SSSR count). The number of carbonyl (C=O) groups is 1. The van der Waals surface area contributed by atoms with Crippen molar-refractivity contribution in [2.24, 2.45) is 0 Å². The summed E-state index contributed by atoms with van der Waals surface area (Å²) in [6.45, 7) is 3.81. The highest BCUT2D eigenvalue weighted by Crippen LogP contribution is 2.18. The largest absolute Gasteiger partial charge is 0.352 e. The Bertz CT molecular complexity index is 572. The maximum Gasteiger partial charge on any atom is 0.261 e. The first kappa shape index (κ1) is 14.7. The fourth-order valence-electron chi connectivity index (χ4n) is 1.21. The molecule has 0 atom stereocenters. The molecule has 0 spiro atoms. The van der Waals surface area contributed by atoms with Gasteiger partial charge in [0.1, 0.15) is 5.82 Å². The fraction of sp³-hybridized carbons (Fsp3) is 0.182. The van der Waals surface area contributed by atoms with Crippen molar-refractivity contribution in [3.05, 3.63) is 42.2 Å². The van der Waals surface area contributed by atoms with Gasteiger partial charge in [0.25, 0.3) is 15.0 Å². The van der Waals surface area contributed by atoms with Gasteiger partial charge in [0.05, 0.1) is 10.5 Å². The smallest absolute Gasteiger partial charge is 0.261 e. The van der Waals surface area contributed by atoms with Gasteiger partial charge < -0.3 is 5.32 Å². The lowest BCUT2D eigenvalue weighted by Gasteiger charge is -2.05. The summed E-state index contributed by atoms with van der Waals surface area (Å²) in [5, 5.41) is 2.47. The first-order valence-corrected chi connectivity index (χ1v) is 7.30. The van der Waals surface area contributed by atoms with E-state index >= 15 is 0 Å². The molecule has 4 nitrogen and oxygen atoms in total. The first-order chi connectivity index (χ1) is 8.36. The lowest BCUT2D eigenvalue weighted by atomic mass is 10.2. The second-order valence-corrected chi connectivity index (χ2v) is 5.98. The van der Waals surface area contributed by atoms with E-state index in [4.69, 9.17) is 10.7 Å². The number of halogens is 2. The normalized spacial score (nSPS) is 11.0. The third-order valence-electron chi connectivity index (χ3n) is 2.10.